The summed E-state index contributed by atoms with van der Waals surface area (Å²) in [6.45, 7) is 7.06. The van der Waals surface area contributed by atoms with Crippen molar-refractivity contribution in [2.24, 2.45) is 0 Å². The second-order valence-electron chi connectivity index (χ2n) is 8.75. The van der Waals surface area contributed by atoms with E-state index >= 15 is 0 Å². The number of nitrogens with one attached hydrogen (secondary N) is 3. The van der Waals surface area contributed by atoms with E-state index in [1.54, 1.807) is 6.92 Å². The highest BCUT2D eigenvalue weighted by atomic mass is 16.5. The van der Waals surface area contributed by atoms with Gasteiger partial charge in [-0.1, -0.05) is 0 Å². The van der Waals surface area contributed by atoms with E-state index in [0.29, 0.717) is 38.8 Å². The number of rotatable bonds is 7. The maximum absolute atomic E-state index is 13.0. The van der Waals surface area contributed by atoms with Crippen LogP contribution in [0.25, 0.3) is 0 Å². The Balaban J connectivity index is 1.92. The van der Waals surface area contributed by atoms with Crippen molar-refractivity contribution in [3.63, 3.8) is 0 Å². The van der Waals surface area contributed by atoms with Crippen LogP contribution in [0.3, 0.4) is 0 Å². The lowest BCUT2D eigenvalue weighted by molar-refractivity contribution is -0.145. The number of amides is 6. The molecule has 6 amide bonds. The molecule has 0 aromatic heterocycles. The van der Waals surface area contributed by atoms with E-state index < -0.39 is 53.9 Å². The molecule has 0 bridgehead atoms. The van der Waals surface area contributed by atoms with Gasteiger partial charge >= 0.3 is 12.0 Å². The molecule has 2 aliphatic heterocycles. The second kappa shape index (κ2) is 12.4. The molecular weight excluding hydrogens is 460 g/mol. The van der Waals surface area contributed by atoms with Gasteiger partial charge in [-0.3, -0.25) is 24.6 Å². The molecule has 2 heterocycles. The molecule has 0 aliphatic carbocycles. The number of urea groups is 1. The molecule has 35 heavy (non-hydrogen) atoms. The first-order chi connectivity index (χ1) is 16.5. The molecule has 4 atom stereocenters. The SMILES string of the molecule is CCOC(=O)[C@H](C)NC(=O)N(C)NC(=O)[C@@H]1CCCN1C(=O)[C@H](C)NC(=O)[C@@H]1CCCN1C(C)=O. The largest absolute Gasteiger partial charge is 0.464 e. The summed E-state index contributed by atoms with van der Waals surface area (Å²) in [5, 5.41) is 5.99. The highest BCUT2D eigenvalue weighted by Crippen LogP contribution is 2.20. The Bertz CT molecular complexity index is 850. The van der Waals surface area contributed by atoms with Gasteiger partial charge in [-0.25, -0.2) is 14.6 Å². The Labute approximate surface area is 204 Å². The third kappa shape index (κ3) is 7.06. The van der Waals surface area contributed by atoms with Crippen LogP contribution in [0.4, 0.5) is 4.79 Å². The number of hydrogen-bond acceptors (Lipinski definition) is 7. The van der Waals surface area contributed by atoms with Gasteiger partial charge in [0.1, 0.15) is 24.2 Å². The molecule has 196 valence electrons. The Morgan fingerprint density at radius 2 is 1.49 bits per heavy atom. The molecule has 0 radical (unpaired) electrons. The molecule has 0 unspecified atom stereocenters. The molecule has 13 nitrogen and oxygen atoms in total. The van der Waals surface area contributed by atoms with Crippen molar-refractivity contribution < 1.29 is 33.5 Å². The fourth-order valence-corrected chi connectivity index (χ4v) is 4.24. The molecule has 13 heteroatoms. The third-order valence-corrected chi connectivity index (χ3v) is 6.09. The van der Waals surface area contributed by atoms with Crippen LogP contribution >= 0.6 is 0 Å². The third-order valence-electron chi connectivity index (χ3n) is 6.09. The zero-order valence-corrected chi connectivity index (χ0v) is 21.0. The lowest BCUT2D eigenvalue weighted by Gasteiger charge is -2.30. The standard InChI is InChI=1S/C22H36N6O7/c1-6-35-21(33)14(3)24-22(34)26(5)25-19(31)17-10-8-12-28(17)20(32)13(2)23-18(30)16-9-7-11-27(16)15(4)29/h13-14,16-17H,6-12H2,1-5H3,(H,23,30)(H,24,34)(H,25,31)/t13-,14-,16-,17-/m0/s1. The smallest absolute Gasteiger partial charge is 0.336 e. The van der Waals surface area contributed by atoms with Crippen molar-refractivity contribution in [1.29, 1.82) is 0 Å². The quantitative estimate of drug-likeness (QED) is 0.305. The first-order valence-corrected chi connectivity index (χ1v) is 11.9. The summed E-state index contributed by atoms with van der Waals surface area (Å²) in [7, 11) is 1.32. The molecule has 2 rings (SSSR count). The van der Waals surface area contributed by atoms with Crippen molar-refractivity contribution in [3.05, 3.63) is 0 Å². The van der Waals surface area contributed by atoms with Gasteiger partial charge in [-0.15, -0.1) is 0 Å². The highest BCUT2D eigenvalue weighted by molar-refractivity contribution is 5.95. The van der Waals surface area contributed by atoms with E-state index in [9.17, 15) is 28.8 Å². The van der Waals surface area contributed by atoms with Crippen LogP contribution in [0.1, 0.15) is 53.4 Å². The maximum Gasteiger partial charge on any atom is 0.336 e. The van der Waals surface area contributed by atoms with Crippen LogP contribution in [-0.2, 0) is 28.7 Å². The zero-order valence-electron chi connectivity index (χ0n) is 21.0. The zero-order chi connectivity index (χ0) is 26.3. The molecule has 2 aliphatic rings. The summed E-state index contributed by atoms with van der Waals surface area (Å²) >= 11 is 0. The van der Waals surface area contributed by atoms with Crippen LogP contribution in [0.15, 0.2) is 0 Å². The monoisotopic (exact) mass is 496 g/mol. The topological polar surface area (TPSA) is 157 Å². The summed E-state index contributed by atoms with van der Waals surface area (Å²) in [4.78, 5) is 77.1. The second-order valence-corrected chi connectivity index (χ2v) is 8.75. The lowest BCUT2D eigenvalue weighted by Crippen LogP contribution is -2.58. The van der Waals surface area contributed by atoms with Crippen molar-refractivity contribution in [3.8, 4) is 0 Å². The van der Waals surface area contributed by atoms with E-state index in [2.05, 4.69) is 16.1 Å². The molecule has 0 aromatic carbocycles. The molecule has 0 aromatic rings. The number of esters is 1. The number of hydrazine groups is 1. The number of carbonyl (C=O) groups is 6. The average Bonchev–Trinajstić information content (AvgIpc) is 3.48. The number of carbonyl (C=O) groups excluding carboxylic acids is 6. The van der Waals surface area contributed by atoms with Gasteiger partial charge in [0.25, 0.3) is 5.91 Å². The normalized spacial score (nSPS) is 21.1. The minimum atomic E-state index is -0.908. The van der Waals surface area contributed by atoms with E-state index in [4.69, 9.17) is 4.74 Å². The Morgan fingerprint density at radius 3 is 2.06 bits per heavy atom. The molecule has 2 saturated heterocycles. The minimum absolute atomic E-state index is 0.172. The molecular formula is C22H36N6O7. The predicted molar refractivity (Wildman–Crippen MR) is 123 cm³/mol. The first kappa shape index (κ1) is 27.9. The van der Waals surface area contributed by atoms with E-state index in [1.165, 1.54) is 37.6 Å². The fourth-order valence-electron chi connectivity index (χ4n) is 4.24. The first-order valence-electron chi connectivity index (χ1n) is 11.9. The van der Waals surface area contributed by atoms with Gasteiger partial charge in [0.05, 0.1) is 6.61 Å². The van der Waals surface area contributed by atoms with Crippen molar-refractivity contribution in [2.45, 2.75) is 77.5 Å². The average molecular weight is 497 g/mol. The summed E-state index contributed by atoms with van der Waals surface area (Å²) in [6.07, 6.45) is 2.23. The van der Waals surface area contributed by atoms with E-state index in [-0.39, 0.29) is 12.5 Å². The van der Waals surface area contributed by atoms with Gasteiger partial charge in [0, 0.05) is 27.1 Å². The van der Waals surface area contributed by atoms with Crippen LogP contribution in [-0.4, -0.2) is 101 Å². The Morgan fingerprint density at radius 1 is 0.914 bits per heavy atom. The highest BCUT2D eigenvalue weighted by Gasteiger charge is 2.39. The molecule has 3 N–H and O–H groups in total. The molecule has 2 fully saturated rings. The van der Waals surface area contributed by atoms with Gasteiger partial charge < -0.3 is 25.2 Å². The Kier molecular flexibility index (Phi) is 9.84. The van der Waals surface area contributed by atoms with Crippen LogP contribution in [0.5, 0.6) is 0 Å². The fraction of sp³-hybridized carbons (Fsp3) is 0.727. The minimum Gasteiger partial charge on any atom is -0.464 e. The predicted octanol–water partition coefficient (Wildman–Crippen LogP) is -0.883. The van der Waals surface area contributed by atoms with Gasteiger partial charge in [-0.2, -0.15) is 0 Å². The summed E-state index contributed by atoms with van der Waals surface area (Å²) < 4.78 is 4.83. The number of hydrogen-bond donors (Lipinski definition) is 3. The summed E-state index contributed by atoms with van der Waals surface area (Å²) in [5.74, 6) is -2.18. The van der Waals surface area contributed by atoms with Crippen LogP contribution in [0, 0.1) is 0 Å². The summed E-state index contributed by atoms with van der Waals surface area (Å²) in [6, 6.07) is -3.95. The van der Waals surface area contributed by atoms with Crippen molar-refractivity contribution >= 4 is 35.6 Å². The number of likely N-dealkylation sites (tertiary alicyclic amines) is 2. The van der Waals surface area contributed by atoms with Crippen molar-refractivity contribution in [2.75, 3.05) is 26.7 Å². The number of nitrogens with zero attached hydrogens (tertiary/aromatic N) is 3. The Hall–Kier alpha value is -3.38. The summed E-state index contributed by atoms with van der Waals surface area (Å²) in [5.41, 5.74) is 2.43. The van der Waals surface area contributed by atoms with Crippen LogP contribution < -0.4 is 16.1 Å². The lowest BCUT2D eigenvalue weighted by atomic mass is 10.1. The molecule has 0 saturated carbocycles. The van der Waals surface area contributed by atoms with Crippen molar-refractivity contribution in [1.82, 2.24) is 30.9 Å². The van der Waals surface area contributed by atoms with E-state index in [1.807, 2.05) is 0 Å². The van der Waals surface area contributed by atoms with Gasteiger partial charge in [-0.05, 0) is 46.5 Å². The van der Waals surface area contributed by atoms with E-state index in [0.717, 1.165) is 5.01 Å². The van der Waals surface area contributed by atoms with Crippen LogP contribution in [0.2, 0.25) is 0 Å². The molecule has 0 spiro atoms. The maximum atomic E-state index is 13.0. The van der Waals surface area contributed by atoms with Gasteiger partial charge in [0.15, 0.2) is 0 Å². The number of ether oxygens (including phenoxy) is 1. The van der Waals surface area contributed by atoms with Gasteiger partial charge in [0.2, 0.25) is 17.7 Å².